The lowest BCUT2D eigenvalue weighted by Crippen LogP contribution is -2.39. The molecular formula is C14H21BrN2O2. The highest BCUT2D eigenvalue weighted by Gasteiger charge is 2.28. The van der Waals surface area contributed by atoms with Gasteiger partial charge in [0.1, 0.15) is 5.69 Å². The second-order valence-corrected chi connectivity index (χ2v) is 6.11. The van der Waals surface area contributed by atoms with Crippen molar-refractivity contribution in [2.75, 3.05) is 6.61 Å². The number of amides is 1. The number of aromatic nitrogens is 1. The Hall–Kier alpha value is -0.810. The second-order valence-electron chi connectivity index (χ2n) is 5.19. The fourth-order valence-electron chi connectivity index (χ4n) is 2.78. The Morgan fingerprint density at radius 2 is 2.37 bits per heavy atom. The molecule has 1 aliphatic rings. The summed E-state index contributed by atoms with van der Waals surface area (Å²) in [5.74, 6) is 0.173. The molecule has 0 aromatic carbocycles. The molecule has 0 saturated heterocycles. The highest BCUT2D eigenvalue weighted by atomic mass is 79.9. The molecular weight excluding hydrogens is 308 g/mol. The fourth-order valence-corrected chi connectivity index (χ4v) is 3.24. The molecule has 1 fully saturated rings. The standard InChI is InChI=1S/C14H21BrN2O2/c1-2-6-17-8-11(15)7-13(17)14(19)16-12-5-3-4-10(12)9-18/h7-8,10,12,18H,2-6,9H2,1H3,(H,16,19). The molecule has 1 amide bonds. The average molecular weight is 329 g/mol. The summed E-state index contributed by atoms with van der Waals surface area (Å²) in [6.45, 7) is 3.08. The van der Waals surface area contributed by atoms with Crippen molar-refractivity contribution in [1.29, 1.82) is 0 Å². The van der Waals surface area contributed by atoms with Crippen molar-refractivity contribution in [2.24, 2.45) is 5.92 Å². The first-order valence-electron chi connectivity index (χ1n) is 6.93. The minimum atomic E-state index is -0.0375. The zero-order valence-electron chi connectivity index (χ0n) is 11.2. The number of carbonyl (C=O) groups is 1. The van der Waals surface area contributed by atoms with E-state index in [2.05, 4.69) is 28.2 Å². The zero-order chi connectivity index (χ0) is 13.8. The van der Waals surface area contributed by atoms with E-state index in [-0.39, 0.29) is 24.5 Å². The van der Waals surface area contributed by atoms with Gasteiger partial charge in [-0.2, -0.15) is 0 Å². The van der Waals surface area contributed by atoms with Gasteiger partial charge in [0.05, 0.1) is 0 Å². The third-order valence-corrected chi connectivity index (χ3v) is 4.20. The predicted molar refractivity (Wildman–Crippen MR) is 78.1 cm³/mol. The third kappa shape index (κ3) is 3.39. The Morgan fingerprint density at radius 3 is 3.05 bits per heavy atom. The lowest BCUT2D eigenvalue weighted by atomic mass is 10.1. The summed E-state index contributed by atoms with van der Waals surface area (Å²) in [6.07, 6.45) is 5.98. The van der Waals surface area contributed by atoms with Crippen molar-refractivity contribution in [3.05, 3.63) is 22.4 Å². The van der Waals surface area contributed by atoms with Crippen LogP contribution < -0.4 is 5.32 Å². The second kappa shape index (κ2) is 6.57. The third-order valence-electron chi connectivity index (χ3n) is 3.77. The number of nitrogens with zero attached hydrogens (tertiary/aromatic N) is 1. The van der Waals surface area contributed by atoms with Gasteiger partial charge in [-0.1, -0.05) is 13.3 Å². The maximum absolute atomic E-state index is 12.3. The van der Waals surface area contributed by atoms with Crippen LogP contribution in [0.25, 0.3) is 0 Å². The summed E-state index contributed by atoms with van der Waals surface area (Å²) in [6, 6.07) is 1.97. The summed E-state index contributed by atoms with van der Waals surface area (Å²) >= 11 is 3.42. The number of carbonyl (C=O) groups excluding carboxylic acids is 1. The Balaban J connectivity index is 2.07. The SMILES string of the molecule is CCCn1cc(Br)cc1C(=O)NC1CCCC1CO. The number of aliphatic hydroxyl groups is 1. The van der Waals surface area contributed by atoms with Crippen molar-refractivity contribution in [1.82, 2.24) is 9.88 Å². The smallest absolute Gasteiger partial charge is 0.268 e. The van der Waals surface area contributed by atoms with Gasteiger partial charge < -0.3 is 15.0 Å². The van der Waals surface area contributed by atoms with Gasteiger partial charge in [0.25, 0.3) is 5.91 Å². The lowest BCUT2D eigenvalue weighted by molar-refractivity contribution is 0.0906. The first-order chi connectivity index (χ1) is 9.15. The number of halogens is 1. The highest BCUT2D eigenvalue weighted by Crippen LogP contribution is 2.25. The average Bonchev–Trinajstić information content (AvgIpc) is 2.96. The fraction of sp³-hybridized carbons (Fsp3) is 0.643. The van der Waals surface area contributed by atoms with E-state index in [4.69, 9.17) is 0 Å². The molecule has 2 unspecified atom stereocenters. The van der Waals surface area contributed by atoms with E-state index in [1.807, 2.05) is 16.8 Å². The summed E-state index contributed by atoms with van der Waals surface area (Å²) in [4.78, 5) is 12.3. The summed E-state index contributed by atoms with van der Waals surface area (Å²) in [5.41, 5.74) is 0.692. The van der Waals surface area contributed by atoms with Gasteiger partial charge >= 0.3 is 0 Å². The Labute approximate surface area is 122 Å². The van der Waals surface area contributed by atoms with Gasteiger partial charge in [-0.25, -0.2) is 0 Å². The van der Waals surface area contributed by atoms with Crippen molar-refractivity contribution in [3.8, 4) is 0 Å². The van der Waals surface area contributed by atoms with Crippen LogP contribution in [0, 0.1) is 5.92 Å². The summed E-state index contributed by atoms with van der Waals surface area (Å²) in [5, 5.41) is 12.4. The van der Waals surface area contributed by atoms with Gasteiger partial charge in [-0.05, 0) is 41.3 Å². The largest absolute Gasteiger partial charge is 0.396 e. The van der Waals surface area contributed by atoms with Crippen LogP contribution >= 0.6 is 15.9 Å². The molecule has 1 heterocycles. The minimum Gasteiger partial charge on any atom is -0.396 e. The van der Waals surface area contributed by atoms with Gasteiger partial charge in [0.2, 0.25) is 0 Å². The molecule has 1 aliphatic carbocycles. The molecule has 1 aromatic heterocycles. The van der Waals surface area contributed by atoms with E-state index < -0.39 is 0 Å². The Bertz CT molecular complexity index is 445. The van der Waals surface area contributed by atoms with Crippen LogP contribution in [0.3, 0.4) is 0 Å². The van der Waals surface area contributed by atoms with Crippen LogP contribution in [-0.2, 0) is 6.54 Å². The minimum absolute atomic E-state index is 0.0375. The van der Waals surface area contributed by atoms with E-state index in [0.717, 1.165) is 36.7 Å². The van der Waals surface area contributed by atoms with E-state index in [1.54, 1.807) is 0 Å². The monoisotopic (exact) mass is 328 g/mol. The number of aryl methyl sites for hydroxylation is 1. The van der Waals surface area contributed by atoms with Crippen molar-refractivity contribution in [3.63, 3.8) is 0 Å². The van der Waals surface area contributed by atoms with Crippen LogP contribution in [0.4, 0.5) is 0 Å². The first kappa shape index (κ1) is 14.6. The number of nitrogens with one attached hydrogen (secondary N) is 1. The quantitative estimate of drug-likeness (QED) is 0.872. The van der Waals surface area contributed by atoms with E-state index in [0.29, 0.717) is 5.69 Å². The van der Waals surface area contributed by atoms with Crippen LogP contribution in [0.1, 0.15) is 43.1 Å². The molecule has 0 radical (unpaired) electrons. The van der Waals surface area contributed by atoms with E-state index in [9.17, 15) is 9.90 Å². The van der Waals surface area contributed by atoms with Crippen molar-refractivity contribution in [2.45, 2.75) is 45.2 Å². The topological polar surface area (TPSA) is 54.3 Å². The molecule has 1 saturated carbocycles. The molecule has 4 nitrogen and oxygen atoms in total. The molecule has 2 N–H and O–H groups in total. The molecule has 2 atom stereocenters. The number of hydrogen-bond acceptors (Lipinski definition) is 2. The zero-order valence-corrected chi connectivity index (χ0v) is 12.8. The lowest BCUT2D eigenvalue weighted by Gasteiger charge is -2.19. The Morgan fingerprint density at radius 1 is 1.58 bits per heavy atom. The van der Waals surface area contributed by atoms with Gasteiger partial charge in [0, 0.05) is 35.8 Å². The summed E-state index contributed by atoms with van der Waals surface area (Å²) < 4.78 is 2.90. The molecule has 1 aromatic rings. The number of hydrogen-bond donors (Lipinski definition) is 2. The molecule has 2 rings (SSSR count). The van der Waals surface area contributed by atoms with Gasteiger partial charge in [0.15, 0.2) is 0 Å². The van der Waals surface area contributed by atoms with Crippen molar-refractivity contribution < 1.29 is 9.90 Å². The molecule has 5 heteroatoms. The van der Waals surface area contributed by atoms with E-state index >= 15 is 0 Å². The molecule has 0 bridgehead atoms. The van der Waals surface area contributed by atoms with Crippen LogP contribution in [0.2, 0.25) is 0 Å². The number of rotatable bonds is 5. The molecule has 106 valence electrons. The van der Waals surface area contributed by atoms with Gasteiger partial charge in [-0.3, -0.25) is 4.79 Å². The van der Waals surface area contributed by atoms with Crippen LogP contribution in [0.5, 0.6) is 0 Å². The predicted octanol–water partition coefficient (Wildman–Crippen LogP) is 2.55. The van der Waals surface area contributed by atoms with Crippen LogP contribution in [-0.4, -0.2) is 28.2 Å². The maximum Gasteiger partial charge on any atom is 0.268 e. The molecule has 19 heavy (non-hydrogen) atoms. The summed E-state index contributed by atoms with van der Waals surface area (Å²) in [7, 11) is 0. The normalized spacial score (nSPS) is 22.7. The number of aliphatic hydroxyl groups excluding tert-OH is 1. The molecule has 0 spiro atoms. The van der Waals surface area contributed by atoms with Crippen LogP contribution in [0.15, 0.2) is 16.7 Å². The van der Waals surface area contributed by atoms with Crippen molar-refractivity contribution >= 4 is 21.8 Å². The van der Waals surface area contributed by atoms with Gasteiger partial charge in [-0.15, -0.1) is 0 Å². The molecule has 0 aliphatic heterocycles. The Kier molecular flexibility index (Phi) is 5.05. The maximum atomic E-state index is 12.3. The highest BCUT2D eigenvalue weighted by molar-refractivity contribution is 9.10. The van der Waals surface area contributed by atoms with E-state index in [1.165, 1.54) is 0 Å². The first-order valence-corrected chi connectivity index (χ1v) is 7.72.